The molecule has 0 heterocycles. The van der Waals surface area contributed by atoms with Gasteiger partial charge in [0, 0.05) is 11.1 Å². The van der Waals surface area contributed by atoms with Crippen molar-refractivity contribution in [1.82, 2.24) is 0 Å². The summed E-state index contributed by atoms with van der Waals surface area (Å²) in [5.74, 6) is -1.51. The van der Waals surface area contributed by atoms with Crippen molar-refractivity contribution in [2.75, 3.05) is 20.0 Å². The number of hydrogen-bond acceptors (Lipinski definition) is 6. The molecule has 0 amide bonds. The van der Waals surface area contributed by atoms with Gasteiger partial charge in [0.2, 0.25) is 0 Å². The molecule has 1 aliphatic carbocycles. The van der Waals surface area contributed by atoms with Crippen molar-refractivity contribution in [3.8, 4) is 28.3 Å². The van der Waals surface area contributed by atoms with E-state index in [2.05, 4.69) is 6.07 Å². The van der Waals surface area contributed by atoms with Gasteiger partial charge in [-0.05, 0) is 21.9 Å². The van der Waals surface area contributed by atoms with E-state index in [0.717, 1.165) is 21.9 Å². The molecule has 0 unspecified atom stereocenters. The van der Waals surface area contributed by atoms with Crippen molar-refractivity contribution < 1.29 is 19.1 Å². The summed E-state index contributed by atoms with van der Waals surface area (Å²) in [4.78, 5) is 25.1. The van der Waals surface area contributed by atoms with Crippen LogP contribution in [0.5, 0.6) is 0 Å². The van der Waals surface area contributed by atoms with E-state index in [9.17, 15) is 14.9 Å². The van der Waals surface area contributed by atoms with E-state index in [4.69, 9.17) is 15.2 Å². The molecule has 3 aromatic rings. The Morgan fingerprint density at radius 2 is 1.48 bits per heavy atom. The third-order valence-corrected chi connectivity index (χ3v) is 4.87. The van der Waals surface area contributed by atoms with E-state index in [1.165, 1.54) is 14.2 Å². The number of nitriles is 1. The molecule has 0 fully saturated rings. The summed E-state index contributed by atoms with van der Waals surface area (Å²) in [5.41, 5.74) is 8.64. The van der Waals surface area contributed by atoms with Crippen LogP contribution in [0.2, 0.25) is 0 Å². The number of carbonyl (C=O) groups excluding carboxylic acids is 2. The lowest BCUT2D eigenvalue weighted by Crippen LogP contribution is -2.17. The van der Waals surface area contributed by atoms with E-state index < -0.39 is 11.9 Å². The highest BCUT2D eigenvalue weighted by atomic mass is 16.5. The van der Waals surface area contributed by atoms with Gasteiger partial charge in [0.05, 0.1) is 36.6 Å². The van der Waals surface area contributed by atoms with Crippen molar-refractivity contribution >= 4 is 28.4 Å². The number of ether oxygens (including phenoxy) is 2. The molecule has 2 N–H and O–H groups in total. The monoisotopic (exact) mass is 358 g/mol. The van der Waals surface area contributed by atoms with Gasteiger partial charge in [-0.2, -0.15) is 5.26 Å². The van der Waals surface area contributed by atoms with Crippen LogP contribution < -0.4 is 5.73 Å². The summed E-state index contributed by atoms with van der Waals surface area (Å²) >= 11 is 0. The first-order chi connectivity index (χ1) is 13.0. The van der Waals surface area contributed by atoms with Crippen LogP contribution in [0.1, 0.15) is 26.3 Å². The quantitative estimate of drug-likeness (QED) is 0.434. The van der Waals surface area contributed by atoms with Gasteiger partial charge < -0.3 is 15.2 Å². The first-order valence-electron chi connectivity index (χ1n) is 8.13. The number of rotatable bonds is 2. The number of carbonyl (C=O) groups is 2. The molecule has 0 bridgehead atoms. The van der Waals surface area contributed by atoms with Crippen LogP contribution in [-0.2, 0) is 9.47 Å². The minimum Gasteiger partial charge on any atom is -0.465 e. The van der Waals surface area contributed by atoms with Gasteiger partial charge in [-0.25, -0.2) is 9.59 Å². The molecule has 3 aromatic carbocycles. The fraction of sp³-hybridized carbons (Fsp3) is 0.0952. The zero-order valence-corrected chi connectivity index (χ0v) is 14.6. The predicted molar refractivity (Wildman–Crippen MR) is 100 cm³/mol. The topological polar surface area (TPSA) is 102 Å². The number of benzene rings is 3. The van der Waals surface area contributed by atoms with E-state index in [-0.39, 0.29) is 22.4 Å². The summed E-state index contributed by atoms with van der Waals surface area (Å²) in [6.07, 6.45) is 0. The second kappa shape index (κ2) is 5.85. The molecule has 0 aliphatic heterocycles. The SMILES string of the molecule is COC(=O)c1c(N)c(C#N)c2c(c1C(=O)OC)-c1cccc3cccc-2c13. The zero-order valence-electron chi connectivity index (χ0n) is 14.6. The van der Waals surface area contributed by atoms with Gasteiger partial charge in [-0.15, -0.1) is 0 Å². The van der Waals surface area contributed by atoms with Crippen molar-refractivity contribution in [2.45, 2.75) is 0 Å². The molecule has 0 aromatic heterocycles. The van der Waals surface area contributed by atoms with Crippen LogP contribution in [0.3, 0.4) is 0 Å². The zero-order chi connectivity index (χ0) is 19.3. The number of fused-ring (bicyclic) bond motifs is 3. The third-order valence-electron chi connectivity index (χ3n) is 4.87. The lowest BCUT2D eigenvalue weighted by atomic mass is 9.88. The normalized spacial score (nSPS) is 11.0. The Labute approximate surface area is 154 Å². The number of esters is 2. The average molecular weight is 358 g/mol. The standard InChI is InChI=1S/C21H14N2O4/c1-26-20(24)17-16-12-8-4-6-10-5-3-7-11(14(10)12)15(16)13(9-22)19(23)18(17)21(25)27-2/h3-8H,23H2,1-2H3. The average Bonchev–Trinajstić information content (AvgIpc) is 3.02. The predicted octanol–water partition coefficient (Wildman–Crippen LogP) is 3.51. The summed E-state index contributed by atoms with van der Waals surface area (Å²) in [7, 11) is 2.42. The van der Waals surface area contributed by atoms with E-state index in [0.29, 0.717) is 11.1 Å². The molecule has 0 atom stereocenters. The summed E-state index contributed by atoms with van der Waals surface area (Å²) in [5, 5.41) is 11.6. The van der Waals surface area contributed by atoms with Crippen LogP contribution >= 0.6 is 0 Å². The van der Waals surface area contributed by atoms with Crippen LogP contribution in [0, 0.1) is 11.3 Å². The first kappa shape index (κ1) is 16.6. The first-order valence-corrected chi connectivity index (χ1v) is 8.13. The molecule has 27 heavy (non-hydrogen) atoms. The van der Waals surface area contributed by atoms with E-state index in [1.54, 1.807) is 0 Å². The molecular formula is C21H14N2O4. The van der Waals surface area contributed by atoms with E-state index >= 15 is 0 Å². The number of nitrogens with two attached hydrogens (primary N) is 1. The largest absolute Gasteiger partial charge is 0.465 e. The third kappa shape index (κ3) is 2.06. The van der Waals surface area contributed by atoms with Gasteiger partial charge in [0.15, 0.2) is 0 Å². The van der Waals surface area contributed by atoms with Crippen molar-refractivity contribution in [2.24, 2.45) is 0 Å². The number of nitrogens with zero attached hydrogens (tertiary/aromatic N) is 1. The van der Waals surface area contributed by atoms with Crippen molar-refractivity contribution in [3.63, 3.8) is 0 Å². The van der Waals surface area contributed by atoms with Crippen molar-refractivity contribution in [3.05, 3.63) is 53.1 Å². The highest BCUT2D eigenvalue weighted by molar-refractivity contribution is 6.24. The second-order valence-corrected chi connectivity index (χ2v) is 6.09. The smallest absolute Gasteiger partial charge is 0.340 e. The minimum absolute atomic E-state index is 0.0135. The molecule has 6 nitrogen and oxygen atoms in total. The van der Waals surface area contributed by atoms with Gasteiger partial charge in [-0.1, -0.05) is 36.4 Å². The maximum absolute atomic E-state index is 12.7. The molecule has 0 saturated heterocycles. The molecule has 1 aliphatic rings. The Kier molecular flexibility index (Phi) is 3.60. The fourth-order valence-corrected chi connectivity index (χ4v) is 3.80. The summed E-state index contributed by atoms with van der Waals surface area (Å²) in [6.45, 7) is 0. The lowest BCUT2D eigenvalue weighted by molar-refractivity contribution is 0.0557. The Morgan fingerprint density at radius 1 is 0.926 bits per heavy atom. The highest BCUT2D eigenvalue weighted by Gasteiger charge is 2.36. The lowest BCUT2D eigenvalue weighted by Gasteiger charge is -2.17. The number of anilines is 1. The molecule has 6 heteroatoms. The number of hydrogen-bond donors (Lipinski definition) is 1. The van der Waals surface area contributed by atoms with Gasteiger partial charge in [0.1, 0.15) is 6.07 Å². The van der Waals surface area contributed by atoms with E-state index in [1.807, 2.05) is 36.4 Å². The molecule has 0 spiro atoms. The fourth-order valence-electron chi connectivity index (χ4n) is 3.80. The van der Waals surface area contributed by atoms with Crippen LogP contribution in [0.4, 0.5) is 5.69 Å². The molecule has 4 rings (SSSR count). The minimum atomic E-state index is -0.796. The molecular weight excluding hydrogens is 344 g/mol. The maximum Gasteiger partial charge on any atom is 0.340 e. The van der Waals surface area contributed by atoms with Gasteiger partial charge >= 0.3 is 11.9 Å². The maximum atomic E-state index is 12.7. The van der Waals surface area contributed by atoms with Crippen molar-refractivity contribution in [1.29, 1.82) is 5.26 Å². The summed E-state index contributed by atoms with van der Waals surface area (Å²) in [6, 6.07) is 13.4. The Balaban J connectivity index is 2.29. The Morgan fingerprint density at radius 3 is 2.04 bits per heavy atom. The molecule has 132 valence electrons. The molecule has 0 saturated carbocycles. The Hall–Kier alpha value is -3.85. The summed E-state index contributed by atoms with van der Waals surface area (Å²) < 4.78 is 9.76. The number of methoxy groups -OCH3 is 2. The van der Waals surface area contributed by atoms with Crippen LogP contribution in [0.15, 0.2) is 36.4 Å². The number of nitrogen functional groups attached to an aromatic ring is 1. The van der Waals surface area contributed by atoms with Crippen LogP contribution in [0.25, 0.3) is 33.0 Å². The van der Waals surface area contributed by atoms with Gasteiger partial charge in [-0.3, -0.25) is 0 Å². The Bertz CT molecular complexity index is 1200. The van der Waals surface area contributed by atoms with Gasteiger partial charge in [0.25, 0.3) is 0 Å². The van der Waals surface area contributed by atoms with Crippen LogP contribution in [-0.4, -0.2) is 26.2 Å². The molecule has 0 radical (unpaired) electrons. The second-order valence-electron chi connectivity index (χ2n) is 6.09. The highest BCUT2D eigenvalue weighted by Crippen LogP contribution is 2.52.